The molecule has 1 aromatic heterocycles. The Kier molecular flexibility index (Phi) is 6.32. The van der Waals surface area contributed by atoms with Crippen LogP contribution in [-0.4, -0.2) is 26.7 Å². The van der Waals surface area contributed by atoms with Gasteiger partial charge in [0.25, 0.3) is 0 Å². The molecule has 0 saturated heterocycles. The van der Waals surface area contributed by atoms with Crippen molar-refractivity contribution in [2.45, 2.75) is 14.8 Å². The highest BCUT2D eigenvalue weighted by Crippen LogP contribution is 2.36. The molecule has 0 radical (unpaired) electrons. The van der Waals surface area contributed by atoms with Gasteiger partial charge < -0.3 is 9.88 Å². The first-order valence-corrected chi connectivity index (χ1v) is 8.71. The van der Waals surface area contributed by atoms with Crippen molar-refractivity contribution in [3.63, 3.8) is 0 Å². The lowest BCUT2D eigenvalue weighted by Gasteiger charge is -2.29. The first kappa shape index (κ1) is 20.8. The van der Waals surface area contributed by atoms with E-state index in [2.05, 4.69) is 4.98 Å². The summed E-state index contributed by atoms with van der Waals surface area (Å²) in [5.41, 5.74) is -1.57. The van der Waals surface area contributed by atoms with Gasteiger partial charge in [-0.15, -0.1) is 23.2 Å². The van der Waals surface area contributed by atoms with Gasteiger partial charge >= 0.3 is 6.18 Å². The molecule has 0 bridgehead atoms. The predicted octanol–water partition coefficient (Wildman–Crippen LogP) is 5.53. The second-order valence-electron chi connectivity index (χ2n) is 5.16. The van der Waals surface area contributed by atoms with Crippen LogP contribution < -0.4 is 10.5 Å². The van der Waals surface area contributed by atoms with Crippen molar-refractivity contribution < 1.29 is 13.2 Å². The molecule has 2 rings (SSSR count). The third kappa shape index (κ3) is 5.73. The lowest BCUT2D eigenvalue weighted by Crippen LogP contribution is -2.35. The number of hydrogen-bond acceptors (Lipinski definition) is 2. The number of rotatable bonds is 4. The van der Waals surface area contributed by atoms with Crippen LogP contribution in [0.1, 0.15) is 5.56 Å². The average Bonchev–Trinajstić information content (AvgIpc) is 2.42. The zero-order valence-electron chi connectivity index (χ0n) is 12.2. The van der Waals surface area contributed by atoms with Crippen LogP contribution in [0.5, 0.6) is 0 Å². The largest absolute Gasteiger partial charge is 0.417 e. The molecule has 0 aliphatic carbocycles. The standard InChI is InChI=1S/C14H10Cl5F3N2O/c15-11(16)5-24(6-13(17,18)19)7-1-2-10-8(3-7)9(14(20,21)22)4-12(25)23-10/h1-4,11H,5-6H2,(H,23,25). The van der Waals surface area contributed by atoms with E-state index in [0.29, 0.717) is 11.8 Å². The summed E-state index contributed by atoms with van der Waals surface area (Å²) in [5.74, 6) is 0. The Hall–Kier alpha value is -0.530. The Morgan fingerprint density at radius 3 is 2.28 bits per heavy atom. The molecule has 0 atom stereocenters. The van der Waals surface area contributed by atoms with Crippen molar-refractivity contribution in [2.75, 3.05) is 18.0 Å². The first-order chi connectivity index (χ1) is 11.4. The molecule has 0 saturated carbocycles. The molecule has 0 aliphatic rings. The van der Waals surface area contributed by atoms with Crippen molar-refractivity contribution >= 4 is 74.6 Å². The lowest BCUT2D eigenvalue weighted by molar-refractivity contribution is -0.136. The number of aromatic nitrogens is 1. The van der Waals surface area contributed by atoms with Gasteiger partial charge in [0.15, 0.2) is 0 Å². The van der Waals surface area contributed by atoms with E-state index in [1.54, 1.807) is 0 Å². The van der Waals surface area contributed by atoms with E-state index in [-0.39, 0.29) is 24.0 Å². The van der Waals surface area contributed by atoms with Crippen LogP contribution in [0.25, 0.3) is 10.9 Å². The highest BCUT2D eigenvalue weighted by atomic mass is 35.6. The minimum absolute atomic E-state index is 0.0211. The average molecular weight is 457 g/mol. The highest BCUT2D eigenvalue weighted by molar-refractivity contribution is 6.67. The zero-order chi connectivity index (χ0) is 19.0. The molecule has 0 unspecified atom stereocenters. The molecule has 0 amide bonds. The monoisotopic (exact) mass is 454 g/mol. The number of benzene rings is 1. The van der Waals surface area contributed by atoms with Crippen molar-refractivity contribution in [1.29, 1.82) is 0 Å². The van der Waals surface area contributed by atoms with Crippen LogP contribution >= 0.6 is 58.0 Å². The number of H-pyrrole nitrogens is 1. The molecule has 0 aliphatic heterocycles. The number of nitrogens with one attached hydrogen (secondary N) is 1. The van der Waals surface area contributed by atoms with Gasteiger partial charge in [-0.2, -0.15) is 13.2 Å². The minimum atomic E-state index is -4.70. The smallest absolute Gasteiger partial charge is 0.364 e. The topological polar surface area (TPSA) is 36.1 Å². The maximum Gasteiger partial charge on any atom is 0.417 e. The van der Waals surface area contributed by atoms with Gasteiger partial charge in [-0.1, -0.05) is 34.8 Å². The number of alkyl halides is 8. The second-order valence-corrected chi connectivity index (χ2v) is 8.95. The molecule has 11 heteroatoms. The summed E-state index contributed by atoms with van der Waals surface area (Å²) in [6.45, 7) is -0.128. The van der Waals surface area contributed by atoms with E-state index >= 15 is 0 Å². The van der Waals surface area contributed by atoms with Crippen LogP contribution in [0.15, 0.2) is 29.1 Å². The van der Waals surface area contributed by atoms with E-state index in [1.807, 2.05) is 0 Å². The van der Waals surface area contributed by atoms with Gasteiger partial charge in [0, 0.05) is 29.2 Å². The van der Waals surface area contributed by atoms with Gasteiger partial charge in [0.05, 0.1) is 12.1 Å². The van der Waals surface area contributed by atoms with Gasteiger partial charge in [0.2, 0.25) is 9.35 Å². The number of nitrogens with zero attached hydrogens (tertiary/aromatic N) is 1. The van der Waals surface area contributed by atoms with Crippen LogP contribution in [-0.2, 0) is 6.18 Å². The number of fused-ring (bicyclic) bond motifs is 1. The Balaban J connectivity index is 2.61. The summed E-state index contributed by atoms with van der Waals surface area (Å²) in [6.07, 6.45) is -4.70. The fourth-order valence-electron chi connectivity index (χ4n) is 2.32. The van der Waals surface area contributed by atoms with Crippen molar-refractivity contribution in [3.05, 3.63) is 40.2 Å². The fraction of sp³-hybridized carbons (Fsp3) is 0.357. The van der Waals surface area contributed by atoms with Crippen molar-refractivity contribution in [2.24, 2.45) is 0 Å². The number of aromatic amines is 1. The highest BCUT2D eigenvalue weighted by Gasteiger charge is 2.34. The van der Waals surface area contributed by atoms with E-state index in [9.17, 15) is 18.0 Å². The Labute approximate surface area is 165 Å². The van der Waals surface area contributed by atoms with E-state index < -0.39 is 25.9 Å². The molecular formula is C14H10Cl5F3N2O. The summed E-state index contributed by atoms with van der Waals surface area (Å²) in [5, 5.41) is -0.195. The number of pyridine rings is 1. The molecule has 1 heterocycles. The SMILES string of the molecule is O=c1cc(C(F)(F)F)c2cc(N(CC(Cl)Cl)CC(Cl)(Cl)Cl)ccc2[nH]1. The lowest BCUT2D eigenvalue weighted by atomic mass is 10.1. The van der Waals surface area contributed by atoms with Crippen LogP contribution in [0.3, 0.4) is 0 Å². The maximum atomic E-state index is 13.2. The Morgan fingerprint density at radius 1 is 1.12 bits per heavy atom. The van der Waals surface area contributed by atoms with Crippen LogP contribution in [0.4, 0.5) is 18.9 Å². The summed E-state index contributed by atoms with van der Waals surface area (Å²) in [6, 6.07) is 4.55. The number of hydrogen-bond donors (Lipinski definition) is 1. The molecule has 0 spiro atoms. The van der Waals surface area contributed by atoms with E-state index in [4.69, 9.17) is 58.0 Å². The minimum Gasteiger partial charge on any atom is -0.364 e. The van der Waals surface area contributed by atoms with Gasteiger partial charge in [-0.05, 0) is 18.2 Å². The van der Waals surface area contributed by atoms with Crippen molar-refractivity contribution in [3.8, 4) is 0 Å². The third-order valence-electron chi connectivity index (χ3n) is 3.23. The molecule has 2 aromatic rings. The summed E-state index contributed by atoms with van der Waals surface area (Å²) in [7, 11) is 0. The van der Waals surface area contributed by atoms with Gasteiger partial charge in [0.1, 0.15) is 4.84 Å². The summed E-state index contributed by atoms with van der Waals surface area (Å²) >= 11 is 28.9. The Morgan fingerprint density at radius 2 is 1.76 bits per heavy atom. The van der Waals surface area contributed by atoms with Crippen LogP contribution in [0, 0.1) is 0 Å². The van der Waals surface area contributed by atoms with E-state index in [0.717, 1.165) is 0 Å². The van der Waals surface area contributed by atoms with Crippen LogP contribution in [0.2, 0.25) is 0 Å². The molecule has 138 valence electrons. The predicted molar refractivity (Wildman–Crippen MR) is 97.6 cm³/mol. The number of anilines is 1. The summed E-state index contributed by atoms with van der Waals surface area (Å²) < 4.78 is 38.0. The van der Waals surface area contributed by atoms with Gasteiger partial charge in [-0.3, -0.25) is 4.79 Å². The molecule has 3 nitrogen and oxygen atoms in total. The molecule has 1 N–H and O–H groups in total. The quantitative estimate of drug-likeness (QED) is 0.615. The third-order valence-corrected chi connectivity index (χ3v) is 3.86. The molecule has 0 fully saturated rings. The maximum absolute atomic E-state index is 13.2. The zero-order valence-corrected chi connectivity index (χ0v) is 16.0. The Bertz CT molecular complexity index is 817. The first-order valence-electron chi connectivity index (χ1n) is 6.71. The van der Waals surface area contributed by atoms with Crippen molar-refractivity contribution in [1.82, 2.24) is 4.98 Å². The van der Waals surface area contributed by atoms with E-state index in [1.165, 1.54) is 23.1 Å². The summed E-state index contributed by atoms with van der Waals surface area (Å²) in [4.78, 5) is 14.4. The molecule has 1 aromatic carbocycles. The normalized spacial score (nSPS) is 12.8. The second kappa shape index (κ2) is 7.61. The molecule has 25 heavy (non-hydrogen) atoms. The molecular weight excluding hydrogens is 446 g/mol. The number of halogens is 8. The van der Waals surface area contributed by atoms with Gasteiger partial charge in [-0.25, -0.2) is 0 Å². The fourth-order valence-corrected chi connectivity index (χ4v) is 3.08.